The zero-order valence-corrected chi connectivity index (χ0v) is 14.2. The Kier molecular flexibility index (Phi) is 6.83. The summed E-state index contributed by atoms with van der Waals surface area (Å²) in [5, 5.41) is 11.3. The van der Waals surface area contributed by atoms with Gasteiger partial charge in [-0.05, 0) is 34.0 Å². The van der Waals surface area contributed by atoms with Crippen molar-refractivity contribution in [3.63, 3.8) is 0 Å². The van der Waals surface area contributed by atoms with Crippen LogP contribution in [-0.4, -0.2) is 47.9 Å². The van der Waals surface area contributed by atoms with E-state index >= 15 is 0 Å². The van der Waals surface area contributed by atoms with Crippen molar-refractivity contribution in [2.45, 2.75) is 13.3 Å². The highest BCUT2D eigenvalue weighted by Gasteiger charge is 2.17. The van der Waals surface area contributed by atoms with Gasteiger partial charge in [0, 0.05) is 20.0 Å². The summed E-state index contributed by atoms with van der Waals surface area (Å²) in [5.74, 6) is -1.58. The van der Waals surface area contributed by atoms with Gasteiger partial charge < -0.3 is 15.3 Å². The standard InChI is InChI=1S/C13H17BrN2O4S/c1-8(5-12(18)19)6-15-11(17)7-16(2)13(20)9-3-4-10(14)21-9/h3-4,8H,5-7H2,1-2H3,(H,15,17)(H,18,19). The second-order valence-corrected chi connectivity index (χ2v) is 7.24. The molecule has 0 saturated heterocycles. The number of rotatable bonds is 7. The van der Waals surface area contributed by atoms with E-state index < -0.39 is 5.97 Å². The van der Waals surface area contributed by atoms with Crippen LogP contribution >= 0.6 is 27.3 Å². The third kappa shape index (κ3) is 6.26. The van der Waals surface area contributed by atoms with E-state index in [9.17, 15) is 14.4 Å². The molecule has 2 N–H and O–H groups in total. The van der Waals surface area contributed by atoms with E-state index in [2.05, 4.69) is 21.2 Å². The van der Waals surface area contributed by atoms with E-state index in [0.29, 0.717) is 4.88 Å². The molecule has 1 unspecified atom stereocenters. The molecule has 0 aliphatic carbocycles. The second kappa shape index (κ2) is 8.14. The van der Waals surface area contributed by atoms with Gasteiger partial charge in [0.2, 0.25) is 5.91 Å². The molecular formula is C13H17BrN2O4S. The Morgan fingerprint density at radius 2 is 2.10 bits per heavy atom. The molecular weight excluding hydrogens is 360 g/mol. The van der Waals surface area contributed by atoms with E-state index in [1.807, 2.05) is 0 Å². The molecule has 0 spiro atoms. The molecule has 0 aliphatic heterocycles. The van der Waals surface area contributed by atoms with E-state index in [0.717, 1.165) is 3.79 Å². The average Bonchev–Trinajstić information content (AvgIpc) is 2.81. The second-order valence-electron chi connectivity index (χ2n) is 4.77. The van der Waals surface area contributed by atoms with Crippen LogP contribution in [0.25, 0.3) is 0 Å². The van der Waals surface area contributed by atoms with E-state index in [1.54, 1.807) is 26.1 Å². The number of hydrogen-bond acceptors (Lipinski definition) is 4. The van der Waals surface area contributed by atoms with Gasteiger partial charge in [-0.3, -0.25) is 14.4 Å². The molecule has 21 heavy (non-hydrogen) atoms. The van der Waals surface area contributed by atoms with Gasteiger partial charge in [0.15, 0.2) is 0 Å². The number of halogens is 1. The van der Waals surface area contributed by atoms with Crippen molar-refractivity contribution in [3.05, 3.63) is 20.8 Å². The summed E-state index contributed by atoms with van der Waals surface area (Å²) < 4.78 is 0.853. The van der Waals surface area contributed by atoms with Gasteiger partial charge in [-0.2, -0.15) is 0 Å². The van der Waals surface area contributed by atoms with Crippen molar-refractivity contribution in [1.29, 1.82) is 0 Å². The van der Waals surface area contributed by atoms with Crippen molar-refractivity contribution in [2.24, 2.45) is 5.92 Å². The summed E-state index contributed by atoms with van der Waals surface area (Å²) in [7, 11) is 1.55. The van der Waals surface area contributed by atoms with Crippen LogP contribution < -0.4 is 5.32 Å². The van der Waals surface area contributed by atoms with Gasteiger partial charge in [0.25, 0.3) is 5.91 Å². The number of aliphatic carboxylic acids is 1. The first-order valence-corrected chi connectivity index (χ1v) is 7.89. The molecule has 6 nitrogen and oxygen atoms in total. The average molecular weight is 377 g/mol. The third-order valence-electron chi connectivity index (χ3n) is 2.68. The molecule has 1 rings (SSSR count). The summed E-state index contributed by atoms with van der Waals surface area (Å²) in [6.45, 7) is 1.96. The fraction of sp³-hybridized carbons (Fsp3) is 0.462. The Balaban J connectivity index is 2.40. The number of amides is 2. The monoisotopic (exact) mass is 376 g/mol. The highest BCUT2D eigenvalue weighted by molar-refractivity contribution is 9.11. The number of hydrogen-bond donors (Lipinski definition) is 2. The van der Waals surface area contributed by atoms with Gasteiger partial charge >= 0.3 is 5.97 Å². The van der Waals surface area contributed by atoms with Crippen LogP contribution in [0.2, 0.25) is 0 Å². The number of carboxylic acids is 1. The third-order valence-corrected chi connectivity index (χ3v) is 4.29. The van der Waals surface area contributed by atoms with Crippen LogP contribution in [0.3, 0.4) is 0 Å². The predicted molar refractivity (Wildman–Crippen MR) is 83.4 cm³/mol. The van der Waals surface area contributed by atoms with Crippen LogP contribution in [0.15, 0.2) is 15.9 Å². The van der Waals surface area contributed by atoms with Gasteiger partial charge in [-0.25, -0.2) is 0 Å². The van der Waals surface area contributed by atoms with Crippen LogP contribution in [0, 0.1) is 5.92 Å². The highest BCUT2D eigenvalue weighted by atomic mass is 79.9. The maximum Gasteiger partial charge on any atom is 0.303 e. The molecule has 0 fully saturated rings. The van der Waals surface area contributed by atoms with Gasteiger partial charge in [-0.15, -0.1) is 11.3 Å². The SMILES string of the molecule is CC(CNC(=O)CN(C)C(=O)c1ccc(Br)s1)CC(=O)O. The molecule has 1 heterocycles. The lowest BCUT2D eigenvalue weighted by Gasteiger charge is -2.17. The summed E-state index contributed by atoms with van der Waals surface area (Å²) >= 11 is 4.59. The fourth-order valence-electron chi connectivity index (χ4n) is 1.62. The lowest BCUT2D eigenvalue weighted by Crippen LogP contribution is -2.39. The molecule has 0 bridgehead atoms. The smallest absolute Gasteiger partial charge is 0.303 e. The topological polar surface area (TPSA) is 86.7 Å². The van der Waals surface area contributed by atoms with Gasteiger partial charge in [0.1, 0.15) is 0 Å². The van der Waals surface area contributed by atoms with Crippen molar-refractivity contribution < 1.29 is 19.5 Å². The van der Waals surface area contributed by atoms with E-state index in [-0.39, 0.29) is 37.2 Å². The Labute approximate surface area is 135 Å². The zero-order valence-electron chi connectivity index (χ0n) is 11.8. The van der Waals surface area contributed by atoms with Crippen LogP contribution in [0.4, 0.5) is 0 Å². The van der Waals surface area contributed by atoms with Gasteiger partial charge in [0.05, 0.1) is 15.2 Å². The normalized spacial score (nSPS) is 11.8. The molecule has 1 atom stereocenters. The maximum atomic E-state index is 12.0. The molecule has 1 aromatic heterocycles. The van der Waals surface area contributed by atoms with Crippen LogP contribution in [-0.2, 0) is 9.59 Å². The molecule has 0 saturated carbocycles. The number of carbonyl (C=O) groups is 3. The lowest BCUT2D eigenvalue weighted by atomic mass is 10.1. The first kappa shape index (κ1) is 17.6. The Morgan fingerprint density at radius 1 is 1.43 bits per heavy atom. The molecule has 0 radical (unpaired) electrons. The fourth-order valence-corrected chi connectivity index (χ4v) is 3.00. The minimum atomic E-state index is -0.896. The Hall–Kier alpha value is -1.41. The van der Waals surface area contributed by atoms with Gasteiger partial charge in [-0.1, -0.05) is 6.92 Å². The van der Waals surface area contributed by atoms with Crippen molar-refractivity contribution in [1.82, 2.24) is 10.2 Å². The molecule has 2 amide bonds. The quantitative estimate of drug-likeness (QED) is 0.759. The first-order valence-electron chi connectivity index (χ1n) is 6.29. The number of carboxylic acid groups (broad SMARTS) is 1. The molecule has 116 valence electrons. The molecule has 8 heteroatoms. The Morgan fingerprint density at radius 3 is 2.62 bits per heavy atom. The summed E-state index contributed by atoms with van der Waals surface area (Å²) in [4.78, 5) is 36.2. The minimum absolute atomic E-state index is 0.00171. The largest absolute Gasteiger partial charge is 0.481 e. The minimum Gasteiger partial charge on any atom is -0.481 e. The maximum absolute atomic E-state index is 12.0. The number of carbonyl (C=O) groups excluding carboxylic acids is 2. The Bertz CT molecular complexity index is 532. The van der Waals surface area contributed by atoms with E-state index in [1.165, 1.54) is 16.2 Å². The number of thiophene rings is 1. The van der Waals surface area contributed by atoms with Crippen LogP contribution in [0.5, 0.6) is 0 Å². The number of nitrogens with zero attached hydrogens (tertiary/aromatic N) is 1. The van der Waals surface area contributed by atoms with Crippen molar-refractivity contribution in [2.75, 3.05) is 20.1 Å². The summed E-state index contributed by atoms with van der Waals surface area (Å²) in [6.07, 6.45) is -0.00171. The molecule has 1 aromatic rings. The van der Waals surface area contributed by atoms with Crippen LogP contribution in [0.1, 0.15) is 23.0 Å². The number of nitrogens with one attached hydrogen (secondary N) is 1. The van der Waals surface area contributed by atoms with Crippen molar-refractivity contribution >= 4 is 45.1 Å². The summed E-state index contributed by atoms with van der Waals surface area (Å²) in [5.41, 5.74) is 0. The van der Waals surface area contributed by atoms with E-state index in [4.69, 9.17) is 5.11 Å². The summed E-state index contributed by atoms with van der Waals surface area (Å²) in [6, 6.07) is 3.47. The first-order chi connectivity index (χ1) is 9.79. The molecule has 0 aliphatic rings. The number of likely N-dealkylation sites (N-methyl/N-ethyl adjacent to an activating group) is 1. The highest BCUT2D eigenvalue weighted by Crippen LogP contribution is 2.22. The zero-order chi connectivity index (χ0) is 16.0. The molecule has 0 aromatic carbocycles. The lowest BCUT2D eigenvalue weighted by molar-refractivity contribution is -0.138. The van der Waals surface area contributed by atoms with Crippen molar-refractivity contribution in [3.8, 4) is 0 Å². The predicted octanol–water partition coefficient (Wildman–Crippen LogP) is 1.81.